The Labute approximate surface area is 201 Å². The van der Waals surface area contributed by atoms with Gasteiger partial charge in [0.25, 0.3) is 5.91 Å². The summed E-state index contributed by atoms with van der Waals surface area (Å²) in [7, 11) is 1.16. The van der Waals surface area contributed by atoms with Gasteiger partial charge in [0.1, 0.15) is 17.3 Å². The molecule has 0 spiro atoms. The molecule has 13 heteroatoms. The fourth-order valence-corrected chi connectivity index (χ4v) is 3.97. The number of hydrogen-bond donors (Lipinski definition) is 2. The maximum atomic E-state index is 15.7. The lowest BCUT2D eigenvalue weighted by Crippen LogP contribution is -2.55. The number of hydrogen-bond acceptors (Lipinski definition) is 8. The van der Waals surface area contributed by atoms with E-state index in [1.54, 1.807) is 12.4 Å². The van der Waals surface area contributed by atoms with Crippen molar-refractivity contribution >= 4 is 23.5 Å². The molecule has 12 nitrogen and oxygen atoms in total. The second-order valence-corrected chi connectivity index (χ2v) is 8.35. The van der Waals surface area contributed by atoms with Gasteiger partial charge in [-0.05, 0) is 26.3 Å². The number of carbonyl (C=O) groups excluding carboxylic acids is 2. The van der Waals surface area contributed by atoms with Gasteiger partial charge in [-0.1, -0.05) is 11.6 Å². The second kappa shape index (κ2) is 10.9. The van der Waals surface area contributed by atoms with E-state index < -0.39 is 23.7 Å². The molecule has 1 fully saturated rings. The van der Waals surface area contributed by atoms with Gasteiger partial charge in [-0.15, -0.1) is 0 Å². The summed E-state index contributed by atoms with van der Waals surface area (Å²) in [5, 5.41) is 24.1. The molecule has 0 radical (unpaired) electrons. The minimum atomic E-state index is -1.47. The Kier molecular flexibility index (Phi) is 7.98. The molecule has 1 saturated heterocycles. The molecular weight excluding hydrogens is 457 g/mol. The maximum Gasteiger partial charge on any atom is 0.412 e. The van der Waals surface area contributed by atoms with Crippen LogP contribution in [0.5, 0.6) is 0 Å². The molecule has 2 unspecified atom stereocenters. The average molecular weight is 486 g/mol. The first kappa shape index (κ1) is 25.6. The number of amides is 2. The number of nitriles is 1. The minimum absolute atomic E-state index is 0.0573. The zero-order valence-electron chi connectivity index (χ0n) is 19.8. The van der Waals surface area contributed by atoms with Crippen molar-refractivity contribution in [1.82, 2.24) is 29.7 Å². The van der Waals surface area contributed by atoms with Gasteiger partial charge in [0, 0.05) is 25.8 Å². The molecule has 3 rings (SSSR count). The molecular formula is C22H28FN9O3. The molecule has 1 aliphatic heterocycles. The number of carbonyl (C=O) groups is 2. The Balaban J connectivity index is 1.78. The number of halogens is 1. The number of nitrogens with two attached hydrogens (primary N) is 1. The number of allylic oxidation sites excluding steroid dienone is 3. The van der Waals surface area contributed by atoms with Crippen molar-refractivity contribution in [3.63, 3.8) is 0 Å². The molecule has 3 heterocycles. The van der Waals surface area contributed by atoms with E-state index >= 15 is 4.39 Å². The van der Waals surface area contributed by atoms with Crippen molar-refractivity contribution in [3.05, 3.63) is 41.9 Å². The van der Waals surface area contributed by atoms with Crippen LogP contribution in [-0.2, 0) is 10.3 Å². The average Bonchev–Trinajstić information content (AvgIpc) is 3.50. The number of primary amides is 1. The summed E-state index contributed by atoms with van der Waals surface area (Å²) in [6.45, 7) is 4.90. The third-order valence-electron chi connectivity index (χ3n) is 5.91. The Morgan fingerprint density at radius 1 is 1.37 bits per heavy atom. The zero-order chi connectivity index (χ0) is 25.6. The van der Waals surface area contributed by atoms with Crippen LogP contribution in [0.1, 0.15) is 37.0 Å². The number of likely N-dealkylation sites (tertiary alicyclic amines) is 1. The second-order valence-electron chi connectivity index (χ2n) is 8.35. The van der Waals surface area contributed by atoms with E-state index in [9.17, 15) is 14.9 Å². The zero-order valence-corrected chi connectivity index (χ0v) is 19.8. The van der Waals surface area contributed by atoms with Crippen LogP contribution < -0.4 is 11.1 Å². The molecule has 0 aliphatic carbocycles. The SMILES string of the molecule is COC(=O)Nc1nn(C2(CC#N)CCN(C/C(C)=C/C=C(\C)n3nccn3)CC2F)cc1C(N)=O. The molecule has 3 N–H and O–H groups in total. The van der Waals surface area contributed by atoms with Crippen molar-refractivity contribution in [3.8, 4) is 6.07 Å². The number of methoxy groups -OCH3 is 1. The van der Waals surface area contributed by atoms with Crippen LogP contribution in [0.25, 0.3) is 5.70 Å². The highest BCUT2D eigenvalue weighted by Gasteiger charge is 2.46. The fourth-order valence-electron chi connectivity index (χ4n) is 3.97. The molecule has 2 aromatic heterocycles. The number of aromatic nitrogens is 5. The summed E-state index contributed by atoms with van der Waals surface area (Å²) in [6.07, 6.45) is 6.04. The van der Waals surface area contributed by atoms with Crippen LogP contribution in [0.3, 0.4) is 0 Å². The lowest BCUT2D eigenvalue weighted by atomic mass is 9.83. The third kappa shape index (κ3) is 5.72. The molecule has 2 amide bonds. The summed E-state index contributed by atoms with van der Waals surface area (Å²) in [5.41, 5.74) is 5.84. The monoisotopic (exact) mass is 485 g/mol. The molecule has 0 aromatic carbocycles. The number of nitrogens with one attached hydrogen (secondary N) is 1. The summed E-state index contributed by atoms with van der Waals surface area (Å²) in [5.74, 6) is -0.999. The number of rotatable bonds is 8. The standard InChI is InChI=1S/C22H28FN9O3/c1-15(4-5-16(2)32-26-9-10-27-32)12-30-11-7-22(6-8-24,18(23)14-30)31-13-17(19(25)33)20(29-31)28-21(34)35-3/h4-5,9-10,13,18H,6-7,11-12,14H2,1-3H3,(H2,25,33)(H,28,29,34)/b15-4+,16-5+. The van der Waals surface area contributed by atoms with E-state index in [1.165, 1.54) is 15.7 Å². The Bertz CT molecular complexity index is 1170. The molecule has 0 saturated carbocycles. The number of anilines is 1. The lowest BCUT2D eigenvalue weighted by molar-refractivity contribution is 0.0136. The highest BCUT2D eigenvalue weighted by atomic mass is 19.1. The normalized spacial score (nSPS) is 21.4. The van der Waals surface area contributed by atoms with E-state index in [2.05, 4.69) is 25.3 Å². The van der Waals surface area contributed by atoms with Crippen molar-refractivity contribution in [2.75, 3.05) is 32.1 Å². The van der Waals surface area contributed by atoms with Crippen LogP contribution in [0, 0.1) is 11.3 Å². The van der Waals surface area contributed by atoms with E-state index in [-0.39, 0.29) is 30.8 Å². The number of ether oxygens (including phenoxy) is 1. The quantitative estimate of drug-likeness (QED) is 0.537. The minimum Gasteiger partial charge on any atom is -0.453 e. The van der Waals surface area contributed by atoms with Gasteiger partial charge in [-0.3, -0.25) is 19.7 Å². The van der Waals surface area contributed by atoms with Gasteiger partial charge >= 0.3 is 6.09 Å². The predicted molar refractivity (Wildman–Crippen MR) is 125 cm³/mol. The summed E-state index contributed by atoms with van der Waals surface area (Å²) in [6, 6.07) is 2.04. The highest BCUT2D eigenvalue weighted by molar-refractivity contribution is 6.00. The van der Waals surface area contributed by atoms with Crippen molar-refractivity contribution in [2.24, 2.45) is 5.73 Å². The van der Waals surface area contributed by atoms with Crippen LogP contribution in [0.15, 0.2) is 36.3 Å². The third-order valence-corrected chi connectivity index (χ3v) is 5.91. The van der Waals surface area contributed by atoms with Gasteiger partial charge in [0.2, 0.25) is 0 Å². The van der Waals surface area contributed by atoms with Gasteiger partial charge in [0.15, 0.2) is 5.82 Å². The van der Waals surface area contributed by atoms with E-state index in [0.29, 0.717) is 13.1 Å². The van der Waals surface area contributed by atoms with Crippen LogP contribution in [-0.4, -0.2) is 74.6 Å². The van der Waals surface area contributed by atoms with Crippen LogP contribution >= 0.6 is 0 Å². The Morgan fingerprint density at radius 2 is 2.09 bits per heavy atom. The molecule has 186 valence electrons. The van der Waals surface area contributed by atoms with Gasteiger partial charge in [-0.2, -0.15) is 25.4 Å². The molecule has 2 atom stereocenters. The topological polar surface area (TPSA) is 157 Å². The molecule has 0 bridgehead atoms. The number of nitrogens with zero attached hydrogens (tertiary/aromatic N) is 7. The fraction of sp³-hybridized carbons (Fsp3) is 0.455. The van der Waals surface area contributed by atoms with Crippen molar-refractivity contribution in [2.45, 2.75) is 38.4 Å². The first-order chi connectivity index (χ1) is 16.7. The molecule has 35 heavy (non-hydrogen) atoms. The van der Waals surface area contributed by atoms with Crippen molar-refractivity contribution < 1.29 is 18.7 Å². The summed E-state index contributed by atoms with van der Waals surface area (Å²) >= 11 is 0. The van der Waals surface area contributed by atoms with Gasteiger partial charge in [-0.25, -0.2) is 9.18 Å². The maximum absolute atomic E-state index is 15.7. The molecule has 2 aromatic rings. The summed E-state index contributed by atoms with van der Waals surface area (Å²) in [4.78, 5) is 27.0. The lowest BCUT2D eigenvalue weighted by Gasteiger charge is -2.43. The van der Waals surface area contributed by atoms with Crippen LogP contribution in [0.4, 0.5) is 15.0 Å². The summed E-state index contributed by atoms with van der Waals surface area (Å²) < 4.78 is 21.5. The number of alkyl halides is 1. The van der Waals surface area contributed by atoms with Crippen molar-refractivity contribution in [1.29, 1.82) is 5.26 Å². The number of piperidine rings is 1. The Morgan fingerprint density at radius 3 is 2.69 bits per heavy atom. The van der Waals surface area contributed by atoms with Gasteiger partial charge in [0.05, 0.1) is 37.7 Å². The largest absolute Gasteiger partial charge is 0.453 e. The first-order valence-electron chi connectivity index (χ1n) is 10.9. The Hall–Kier alpha value is -4.05. The van der Waals surface area contributed by atoms with Crippen LogP contribution in [0.2, 0.25) is 0 Å². The van der Waals surface area contributed by atoms with E-state index in [0.717, 1.165) is 18.4 Å². The first-order valence-corrected chi connectivity index (χ1v) is 10.9. The highest BCUT2D eigenvalue weighted by Crippen LogP contribution is 2.37. The smallest absolute Gasteiger partial charge is 0.412 e. The van der Waals surface area contributed by atoms with E-state index in [1.807, 2.05) is 37.0 Å². The predicted octanol–water partition coefficient (Wildman–Crippen LogP) is 1.91. The van der Waals surface area contributed by atoms with Gasteiger partial charge < -0.3 is 10.5 Å². The van der Waals surface area contributed by atoms with E-state index in [4.69, 9.17) is 5.73 Å². The molecule has 1 aliphatic rings.